The number of carboxylic acids is 1. The highest BCUT2D eigenvalue weighted by molar-refractivity contribution is 5.82. The van der Waals surface area contributed by atoms with Crippen LogP contribution in [0.2, 0.25) is 0 Å². The van der Waals surface area contributed by atoms with E-state index < -0.39 is 12.0 Å². The van der Waals surface area contributed by atoms with Gasteiger partial charge in [-0.2, -0.15) is 0 Å². The second kappa shape index (κ2) is 6.47. The molecule has 1 saturated carbocycles. The number of urea groups is 1. The SMILES string of the molecule is CCCC[C@H](NC(=O)NC1CC1CC)C(=O)O. The summed E-state index contributed by atoms with van der Waals surface area (Å²) in [6, 6.07) is -0.885. The fourth-order valence-corrected chi connectivity index (χ4v) is 1.91. The molecule has 17 heavy (non-hydrogen) atoms. The summed E-state index contributed by atoms with van der Waals surface area (Å²) in [5, 5.41) is 14.3. The van der Waals surface area contributed by atoms with Gasteiger partial charge in [-0.1, -0.05) is 33.1 Å². The molecule has 98 valence electrons. The molecule has 0 aliphatic heterocycles. The van der Waals surface area contributed by atoms with Crippen molar-refractivity contribution in [2.45, 2.75) is 58.0 Å². The molecule has 2 amide bonds. The van der Waals surface area contributed by atoms with Crippen molar-refractivity contribution >= 4 is 12.0 Å². The standard InChI is InChI=1S/C12H22N2O3/c1-3-5-6-9(11(15)16)13-12(17)14-10-7-8(10)4-2/h8-10H,3-7H2,1-2H3,(H,15,16)(H2,13,14,17)/t8?,9-,10?/m0/s1. The van der Waals surface area contributed by atoms with E-state index >= 15 is 0 Å². The monoisotopic (exact) mass is 242 g/mol. The number of rotatable bonds is 7. The molecule has 0 aromatic heterocycles. The van der Waals surface area contributed by atoms with Gasteiger partial charge in [-0.15, -0.1) is 0 Å². The molecule has 0 radical (unpaired) electrons. The van der Waals surface area contributed by atoms with Crippen LogP contribution in [0.25, 0.3) is 0 Å². The Morgan fingerprint density at radius 2 is 2.12 bits per heavy atom. The van der Waals surface area contributed by atoms with Gasteiger partial charge in [0.15, 0.2) is 0 Å². The number of nitrogens with one attached hydrogen (secondary N) is 2. The molecule has 0 heterocycles. The Labute approximate surface area is 102 Å². The zero-order valence-corrected chi connectivity index (χ0v) is 10.5. The van der Waals surface area contributed by atoms with Crippen LogP contribution in [0, 0.1) is 5.92 Å². The summed E-state index contributed by atoms with van der Waals surface area (Å²) in [5.41, 5.74) is 0. The Balaban J connectivity index is 2.28. The number of amides is 2. The van der Waals surface area contributed by atoms with Gasteiger partial charge < -0.3 is 15.7 Å². The van der Waals surface area contributed by atoms with Crippen LogP contribution in [-0.2, 0) is 4.79 Å². The summed E-state index contributed by atoms with van der Waals surface area (Å²) in [4.78, 5) is 22.5. The molecule has 3 N–H and O–H groups in total. The zero-order chi connectivity index (χ0) is 12.8. The van der Waals surface area contributed by atoms with Gasteiger partial charge in [0, 0.05) is 6.04 Å². The van der Waals surface area contributed by atoms with Crippen LogP contribution in [0.3, 0.4) is 0 Å². The first-order valence-corrected chi connectivity index (χ1v) is 6.38. The first-order chi connectivity index (χ1) is 8.08. The second-order valence-electron chi connectivity index (χ2n) is 4.66. The minimum Gasteiger partial charge on any atom is -0.480 e. The van der Waals surface area contributed by atoms with Crippen LogP contribution in [0.5, 0.6) is 0 Å². The first-order valence-electron chi connectivity index (χ1n) is 6.38. The van der Waals surface area contributed by atoms with E-state index in [9.17, 15) is 9.59 Å². The lowest BCUT2D eigenvalue weighted by atomic mass is 10.1. The number of carbonyl (C=O) groups is 2. The van der Waals surface area contributed by atoms with Crippen LogP contribution >= 0.6 is 0 Å². The van der Waals surface area contributed by atoms with Crippen LogP contribution < -0.4 is 10.6 Å². The Kier molecular flexibility index (Phi) is 5.25. The van der Waals surface area contributed by atoms with Crippen LogP contribution in [0.1, 0.15) is 46.0 Å². The van der Waals surface area contributed by atoms with Crippen molar-refractivity contribution in [1.82, 2.24) is 10.6 Å². The van der Waals surface area contributed by atoms with E-state index in [1.165, 1.54) is 0 Å². The first kappa shape index (κ1) is 13.8. The predicted octanol–water partition coefficient (Wildman–Crippen LogP) is 1.73. The smallest absolute Gasteiger partial charge is 0.326 e. The molecule has 1 aliphatic rings. The lowest BCUT2D eigenvalue weighted by Crippen LogP contribution is -2.46. The third kappa shape index (κ3) is 4.63. The van der Waals surface area contributed by atoms with Crippen LogP contribution in [0.15, 0.2) is 0 Å². The number of aliphatic carboxylic acids is 1. The van der Waals surface area contributed by atoms with Gasteiger partial charge in [0.1, 0.15) is 6.04 Å². The van der Waals surface area contributed by atoms with Crippen LogP contribution in [-0.4, -0.2) is 29.2 Å². The average Bonchev–Trinajstić information content (AvgIpc) is 3.02. The molecule has 5 heteroatoms. The topological polar surface area (TPSA) is 78.4 Å². The lowest BCUT2D eigenvalue weighted by Gasteiger charge is -2.14. The number of hydrogen-bond acceptors (Lipinski definition) is 2. The molecular formula is C12H22N2O3. The summed E-state index contributed by atoms with van der Waals surface area (Å²) in [6.45, 7) is 4.08. The second-order valence-corrected chi connectivity index (χ2v) is 4.66. The van der Waals surface area contributed by atoms with E-state index in [1.54, 1.807) is 0 Å². The normalized spacial score (nSPS) is 23.9. The van der Waals surface area contributed by atoms with E-state index in [0.29, 0.717) is 12.3 Å². The molecule has 0 bridgehead atoms. The summed E-state index contributed by atoms with van der Waals surface area (Å²) in [6.07, 6.45) is 4.28. The molecule has 0 spiro atoms. The maximum atomic E-state index is 11.5. The quantitative estimate of drug-likeness (QED) is 0.636. The Morgan fingerprint density at radius 3 is 2.59 bits per heavy atom. The fourth-order valence-electron chi connectivity index (χ4n) is 1.91. The van der Waals surface area contributed by atoms with Gasteiger partial charge >= 0.3 is 12.0 Å². The van der Waals surface area contributed by atoms with Crippen molar-refractivity contribution in [3.05, 3.63) is 0 Å². The van der Waals surface area contributed by atoms with Crippen molar-refractivity contribution in [3.8, 4) is 0 Å². The van der Waals surface area contributed by atoms with Gasteiger partial charge in [0.25, 0.3) is 0 Å². The van der Waals surface area contributed by atoms with Gasteiger partial charge in [0.2, 0.25) is 0 Å². The lowest BCUT2D eigenvalue weighted by molar-refractivity contribution is -0.139. The summed E-state index contributed by atoms with van der Waals surface area (Å²) >= 11 is 0. The molecule has 1 fully saturated rings. The fraction of sp³-hybridized carbons (Fsp3) is 0.833. The van der Waals surface area contributed by atoms with Crippen LogP contribution in [0.4, 0.5) is 4.79 Å². The molecule has 1 aliphatic carbocycles. The van der Waals surface area contributed by atoms with Crippen molar-refractivity contribution in [2.24, 2.45) is 5.92 Å². The van der Waals surface area contributed by atoms with Gasteiger partial charge in [-0.3, -0.25) is 0 Å². The van der Waals surface area contributed by atoms with Crippen molar-refractivity contribution < 1.29 is 14.7 Å². The van der Waals surface area contributed by atoms with Gasteiger partial charge in [-0.05, 0) is 18.8 Å². The summed E-state index contributed by atoms with van der Waals surface area (Å²) in [7, 11) is 0. The third-order valence-corrected chi connectivity index (χ3v) is 3.21. The number of hydrogen-bond donors (Lipinski definition) is 3. The molecular weight excluding hydrogens is 220 g/mol. The summed E-state index contributed by atoms with van der Waals surface area (Å²) < 4.78 is 0. The molecule has 5 nitrogen and oxygen atoms in total. The van der Waals surface area contributed by atoms with Crippen molar-refractivity contribution in [2.75, 3.05) is 0 Å². The molecule has 0 aromatic rings. The molecule has 0 aromatic carbocycles. The Hall–Kier alpha value is -1.26. The molecule has 1 rings (SSSR count). The van der Waals surface area contributed by atoms with Crippen molar-refractivity contribution in [3.63, 3.8) is 0 Å². The zero-order valence-electron chi connectivity index (χ0n) is 10.5. The Bertz CT molecular complexity index is 281. The minimum atomic E-state index is -0.962. The maximum absolute atomic E-state index is 11.5. The van der Waals surface area contributed by atoms with E-state index in [1.807, 2.05) is 6.92 Å². The molecule has 0 saturated heterocycles. The van der Waals surface area contributed by atoms with E-state index in [4.69, 9.17) is 5.11 Å². The molecule has 3 atom stereocenters. The van der Waals surface area contributed by atoms with Gasteiger partial charge in [0.05, 0.1) is 0 Å². The van der Waals surface area contributed by atoms with E-state index in [0.717, 1.165) is 25.7 Å². The highest BCUT2D eigenvalue weighted by atomic mass is 16.4. The molecule has 2 unspecified atom stereocenters. The number of carboxylic acid groups (broad SMARTS) is 1. The third-order valence-electron chi connectivity index (χ3n) is 3.21. The number of unbranched alkanes of at least 4 members (excludes halogenated alkanes) is 1. The van der Waals surface area contributed by atoms with E-state index in [2.05, 4.69) is 17.6 Å². The maximum Gasteiger partial charge on any atom is 0.326 e. The highest BCUT2D eigenvalue weighted by Crippen LogP contribution is 2.32. The number of carbonyl (C=O) groups excluding carboxylic acids is 1. The highest BCUT2D eigenvalue weighted by Gasteiger charge is 2.36. The van der Waals surface area contributed by atoms with Gasteiger partial charge in [-0.25, -0.2) is 9.59 Å². The minimum absolute atomic E-state index is 0.237. The Morgan fingerprint density at radius 1 is 1.41 bits per heavy atom. The van der Waals surface area contributed by atoms with Crippen molar-refractivity contribution in [1.29, 1.82) is 0 Å². The predicted molar refractivity (Wildman–Crippen MR) is 64.8 cm³/mol. The average molecular weight is 242 g/mol. The largest absolute Gasteiger partial charge is 0.480 e. The summed E-state index contributed by atoms with van der Waals surface area (Å²) in [5.74, 6) is -0.392. The van der Waals surface area contributed by atoms with E-state index in [-0.39, 0.29) is 12.1 Å².